The molecule has 0 spiro atoms. The van der Waals surface area contributed by atoms with Crippen LogP contribution >= 0.6 is 0 Å². The Balaban J connectivity index is -0.0000000192. The molecule has 0 aliphatic heterocycles. The van der Waals surface area contributed by atoms with Gasteiger partial charge in [0.25, 0.3) is 0 Å². The molecule has 96 valence electrons. The summed E-state index contributed by atoms with van der Waals surface area (Å²) in [4.78, 5) is 0. The molecule has 0 rings (SSSR count). The summed E-state index contributed by atoms with van der Waals surface area (Å²) in [6.07, 6.45) is 0. The molecular formula is KLiNb4O12Sr. The summed E-state index contributed by atoms with van der Waals surface area (Å²) in [5.74, 6) is 0. The monoisotopic (exact) mass is 697 g/mol. The predicted octanol–water partition coefficient (Wildman–Crippen LogP) is -12.1. The first-order valence-electron chi connectivity index (χ1n) is 2.19. The first-order chi connectivity index (χ1) is 6.93. The van der Waals surface area contributed by atoms with Crippen LogP contribution in [0.5, 0.6) is 0 Å². The fourth-order valence-electron chi connectivity index (χ4n) is 0. The smallest absolute Gasteiger partial charge is 2.00 e. The van der Waals surface area contributed by atoms with Crippen molar-refractivity contribution in [2.24, 2.45) is 0 Å². The molecule has 0 aliphatic rings. The van der Waals surface area contributed by atoms with Gasteiger partial charge in [-0.3, -0.25) is 0 Å². The van der Waals surface area contributed by atoms with Crippen LogP contribution in [0, 0.1) is 0 Å². The molecule has 0 unspecified atom stereocenters. The Morgan fingerprint density at radius 3 is 0.474 bits per heavy atom. The van der Waals surface area contributed by atoms with E-state index in [2.05, 4.69) is 0 Å². The minimum atomic E-state index is -4.20. The minimum Gasteiger partial charge on any atom is 2.00 e. The van der Waals surface area contributed by atoms with Crippen LogP contribution in [0.2, 0.25) is 0 Å². The molecule has 19 heteroatoms. The SMILES string of the molecule is [K+].[Li+].[O]=[Nb](=[O])[O-].[O]=[Nb](=[O])[O-].[O]=[Nb](=[O])[O-].[O]=[Nb](=[O])[O-].[Sr+2]. The average Bonchev–Trinajstić information content (AvgIpc) is 1.76. The second kappa shape index (κ2) is 38.5. The molecule has 0 aromatic carbocycles. The molecular weight excluding hydrogens is 697 g/mol. The maximum atomic E-state index is 8.60. The zero-order chi connectivity index (χ0) is 14.3. The van der Waals surface area contributed by atoms with E-state index in [0.717, 1.165) is 0 Å². The summed E-state index contributed by atoms with van der Waals surface area (Å²) in [6.45, 7) is 0. The molecule has 0 saturated heterocycles. The van der Waals surface area contributed by atoms with Gasteiger partial charge in [0.05, 0.1) is 0 Å². The maximum absolute atomic E-state index is 8.60. The summed E-state index contributed by atoms with van der Waals surface area (Å²) in [5, 5.41) is 0. The Morgan fingerprint density at radius 2 is 0.474 bits per heavy atom. The van der Waals surface area contributed by atoms with Gasteiger partial charge in [-0.1, -0.05) is 0 Å². The van der Waals surface area contributed by atoms with Gasteiger partial charge < -0.3 is 0 Å². The van der Waals surface area contributed by atoms with Crippen LogP contribution in [-0.2, 0) is 101 Å². The Kier molecular flexibility index (Phi) is 88.9. The van der Waals surface area contributed by atoms with Gasteiger partial charge in [0.1, 0.15) is 0 Å². The molecule has 0 N–H and O–H groups in total. The van der Waals surface area contributed by atoms with Gasteiger partial charge in [-0.05, 0) is 0 Å². The van der Waals surface area contributed by atoms with Crippen LogP contribution < -0.4 is 84.7 Å². The van der Waals surface area contributed by atoms with E-state index in [0.29, 0.717) is 0 Å². The molecule has 0 heterocycles. The van der Waals surface area contributed by atoms with E-state index in [-0.39, 0.29) is 116 Å². The van der Waals surface area contributed by atoms with E-state index in [4.69, 9.17) is 40.5 Å². The molecule has 0 aromatic heterocycles. The zero-order valence-corrected chi connectivity index (χ0v) is 24.8. The third kappa shape index (κ3) is 415. The van der Waals surface area contributed by atoms with Crippen molar-refractivity contribution in [3.05, 3.63) is 0 Å². The molecule has 0 fully saturated rings. The Bertz CT molecular complexity index is 303. The number of hydrogen-bond acceptors (Lipinski definition) is 12. The molecule has 12 nitrogen and oxygen atoms in total. The fourth-order valence-corrected chi connectivity index (χ4v) is 0. The molecule has 0 atom stereocenters. The van der Waals surface area contributed by atoms with Crippen molar-refractivity contribution < 1.29 is 186 Å². The second-order valence-corrected chi connectivity index (χ2v) is 5.29. The average molecular weight is 697 g/mol. The van der Waals surface area contributed by atoms with Gasteiger partial charge in [0, 0.05) is 0 Å². The van der Waals surface area contributed by atoms with Gasteiger partial charge in [-0.25, -0.2) is 0 Å². The van der Waals surface area contributed by atoms with Crippen LogP contribution in [0.25, 0.3) is 0 Å². The molecule has 0 aliphatic carbocycles. The summed E-state index contributed by atoms with van der Waals surface area (Å²) in [7, 11) is 0. The largest absolute Gasteiger partial charge is 2.00 e. The summed E-state index contributed by atoms with van der Waals surface area (Å²) >= 11 is -16.8. The third-order valence-electron chi connectivity index (χ3n) is 0. The van der Waals surface area contributed by atoms with Crippen LogP contribution in [0.4, 0.5) is 0 Å². The molecule has 0 bridgehead atoms. The molecule has 19 heavy (non-hydrogen) atoms. The Hall–Kier alpha value is 4.92. The second-order valence-electron chi connectivity index (χ2n) is 0.894. The quantitative estimate of drug-likeness (QED) is 0.215. The van der Waals surface area contributed by atoms with E-state index in [1.807, 2.05) is 0 Å². The molecule has 0 amide bonds. The topological polar surface area (TPSA) is 229 Å². The van der Waals surface area contributed by atoms with Crippen LogP contribution in [-0.4, -0.2) is 45.5 Å². The molecule has 0 saturated carbocycles. The minimum absolute atomic E-state index is 0. The summed E-state index contributed by atoms with van der Waals surface area (Å²) in [5.41, 5.74) is 0. The number of hydrogen-bond donors (Lipinski definition) is 0. The number of rotatable bonds is 0. The van der Waals surface area contributed by atoms with Gasteiger partial charge in [-0.2, -0.15) is 0 Å². The molecule has 0 aromatic rings. The van der Waals surface area contributed by atoms with Gasteiger partial charge >= 0.3 is 231 Å². The fraction of sp³-hybridized carbons (Fsp3) is 0. The van der Waals surface area contributed by atoms with E-state index < -0.39 is 75.1 Å². The molecule has 0 radical (unpaired) electrons. The van der Waals surface area contributed by atoms with Gasteiger partial charge in [0.15, 0.2) is 0 Å². The van der Waals surface area contributed by atoms with E-state index in [1.54, 1.807) is 0 Å². The van der Waals surface area contributed by atoms with Gasteiger partial charge in [0.2, 0.25) is 0 Å². The summed E-state index contributed by atoms with van der Waals surface area (Å²) < 4.78 is 103. The van der Waals surface area contributed by atoms with Crippen molar-refractivity contribution in [2.75, 3.05) is 0 Å². The summed E-state index contributed by atoms with van der Waals surface area (Å²) in [6, 6.07) is 0. The van der Waals surface area contributed by atoms with E-state index in [1.165, 1.54) is 0 Å². The van der Waals surface area contributed by atoms with Crippen molar-refractivity contribution in [1.29, 1.82) is 0 Å². The first-order valence-corrected chi connectivity index (χ1v) is 13.0. The van der Waals surface area contributed by atoms with Crippen molar-refractivity contribution in [3.8, 4) is 0 Å². The van der Waals surface area contributed by atoms with Crippen molar-refractivity contribution in [3.63, 3.8) is 0 Å². The van der Waals surface area contributed by atoms with Crippen molar-refractivity contribution >= 4 is 45.5 Å². The zero-order valence-electron chi connectivity index (χ0n) is 9.39. The predicted molar refractivity (Wildman–Crippen MR) is 11.2 cm³/mol. The van der Waals surface area contributed by atoms with Crippen molar-refractivity contribution in [2.45, 2.75) is 0 Å². The Labute approximate surface area is 225 Å². The standard InChI is InChI=1S/K.Li.4Nb.12O.Sr/q2*+1;;;;;;;;;;;;;4*-1;+2. The van der Waals surface area contributed by atoms with Crippen LogP contribution in [0.1, 0.15) is 0 Å². The van der Waals surface area contributed by atoms with Crippen LogP contribution in [0.15, 0.2) is 0 Å². The van der Waals surface area contributed by atoms with Gasteiger partial charge in [-0.15, -0.1) is 0 Å². The van der Waals surface area contributed by atoms with Crippen molar-refractivity contribution in [1.82, 2.24) is 0 Å². The Morgan fingerprint density at radius 1 is 0.474 bits per heavy atom. The normalized spacial score (nSPS) is 5.26. The van der Waals surface area contributed by atoms with E-state index in [9.17, 15) is 0 Å². The maximum Gasteiger partial charge on any atom is 2.00 e. The first kappa shape index (κ1) is 43.9. The van der Waals surface area contributed by atoms with E-state index >= 15 is 0 Å². The van der Waals surface area contributed by atoms with Crippen LogP contribution in [0.3, 0.4) is 0 Å². The third-order valence-corrected chi connectivity index (χ3v) is 0.